The largest absolute Gasteiger partial charge is 0.289 e. The van der Waals surface area contributed by atoms with Crippen molar-refractivity contribution < 1.29 is 4.79 Å². The molecule has 0 atom stereocenters. The first-order valence-electron chi connectivity index (χ1n) is 6.16. The molecular weight excluding hydrogens is 335 g/mol. The topological polar surface area (TPSA) is 17.1 Å². The summed E-state index contributed by atoms with van der Waals surface area (Å²) in [6.45, 7) is 0. The Morgan fingerprint density at radius 3 is 2.33 bits per heavy atom. The van der Waals surface area contributed by atoms with Gasteiger partial charge < -0.3 is 0 Å². The Bertz CT molecular complexity index is 599. The first kappa shape index (κ1) is 11.9. The zero-order valence-corrected chi connectivity index (χ0v) is 12.1. The Hall–Kier alpha value is -1.16. The Balaban J connectivity index is 1.95. The molecule has 0 saturated heterocycles. The van der Waals surface area contributed by atoms with E-state index in [2.05, 4.69) is 34.7 Å². The van der Waals surface area contributed by atoms with Gasteiger partial charge in [0.15, 0.2) is 5.78 Å². The zero-order valence-electron chi connectivity index (χ0n) is 9.95. The number of benzene rings is 2. The Kier molecular flexibility index (Phi) is 3.20. The van der Waals surface area contributed by atoms with Gasteiger partial charge in [0.25, 0.3) is 0 Å². The predicted octanol–water partition coefficient (Wildman–Crippen LogP) is 4.01. The fourth-order valence-electron chi connectivity index (χ4n) is 2.48. The Morgan fingerprint density at radius 2 is 1.56 bits per heavy atom. The predicted molar refractivity (Wildman–Crippen MR) is 81.1 cm³/mol. The van der Waals surface area contributed by atoms with Gasteiger partial charge in [-0.3, -0.25) is 4.79 Å². The van der Waals surface area contributed by atoms with Crippen LogP contribution >= 0.6 is 22.6 Å². The van der Waals surface area contributed by atoms with Gasteiger partial charge in [0.2, 0.25) is 0 Å². The second-order valence-corrected chi connectivity index (χ2v) is 5.92. The quantitative estimate of drug-likeness (QED) is 0.592. The average Bonchev–Trinajstić information content (AvgIpc) is 2.86. The number of hydrogen-bond donors (Lipinski definition) is 0. The molecule has 3 rings (SSSR count). The molecule has 0 aromatic heterocycles. The van der Waals surface area contributed by atoms with E-state index in [0.29, 0.717) is 0 Å². The maximum atomic E-state index is 12.4. The minimum Gasteiger partial charge on any atom is -0.289 e. The molecular formula is C16H13IO. The van der Waals surface area contributed by atoms with Gasteiger partial charge in [-0.1, -0.05) is 12.1 Å². The van der Waals surface area contributed by atoms with E-state index in [9.17, 15) is 4.79 Å². The summed E-state index contributed by atoms with van der Waals surface area (Å²) in [5.74, 6) is 0.126. The molecule has 2 heteroatoms. The summed E-state index contributed by atoms with van der Waals surface area (Å²) in [5, 5.41) is 0. The van der Waals surface area contributed by atoms with Gasteiger partial charge in [-0.05, 0) is 83.3 Å². The summed E-state index contributed by atoms with van der Waals surface area (Å²) in [6, 6.07) is 13.9. The van der Waals surface area contributed by atoms with Crippen molar-refractivity contribution in [1.29, 1.82) is 0 Å². The molecule has 0 amide bonds. The van der Waals surface area contributed by atoms with E-state index in [1.807, 2.05) is 30.3 Å². The highest BCUT2D eigenvalue weighted by Crippen LogP contribution is 2.24. The van der Waals surface area contributed by atoms with E-state index in [-0.39, 0.29) is 5.78 Å². The summed E-state index contributed by atoms with van der Waals surface area (Å²) >= 11 is 2.25. The molecule has 0 spiro atoms. The maximum Gasteiger partial charge on any atom is 0.193 e. The smallest absolute Gasteiger partial charge is 0.193 e. The standard InChI is InChI=1S/C16H13IO/c17-15-8-6-12(7-9-15)16(18)14-5-4-11-2-1-3-13(11)10-14/h4-10H,1-3H2. The van der Waals surface area contributed by atoms with Crippen LogP contribution in [0.3, 0.4) is 0 Å². The zero-order chi connectivity index (χ0) is 12.5. The number of halogens is 1. The van der Waals surface area contributed by atoms with Gasteiger partial charge in [0.05, 0.1) is 0 Å². The van der Waals surface area contributed by atoms with Gasteiger partial charge in [-0.25, -0.2) is 0 Å². The molecule has 1 nitrogen and oxygen atoms in total. The highest BCUT2D eigenvalue weighted by atomic mass is 127. The molecule has 0 aliphatic heterocycles. The second kappa shape index (κ2) is 4.84. The average molecular weight is 348 g/mol. The Morgan fingerprint density at radius 1 is 0.889 bits per heavy atom. The van der Waals surface area contributed by atoms with E-state index in [0.717, 1.165) is 27.5 Å². The molecule has 2 aromatic carbocycles. The molecule has 90 valence electrons. The highest BCUT2D eigenvalue weighted by molar-refractivity contribution is 14.1. The van der Waals surface area contributed by atoms with E-state index in [1.54, 1.807) is 0 Å². The van der Waals surface area contributed by atoms with Crippen molar-refractivity contribution in [2.75, 3.05) is 0 Å². The van der Waals surface area contributed by atoms with E-state index >= 15 is 0 Å². The number of carbonyl (C=O) groups is 1. The van der Waals surface area contributed by atoms with Gasteiger partial charge in [0, 0.05) is 14.7 Å². The number of carbonyl (C=O) groups excluding carboxylic acids is 1. The fourth-order valence-corrected chi connectivity index (χ4v) is 2.84. The van der Waals surface area contributed by atoms with Crippen LogP contribution in [0.4, 0.5) is 0 Å². The van der Waals surface area contributed by atoms with Crippen molar-refractivity contribution >= 4 is 28.4 Å². The van der Waals surface area contributed by atoms with Crippen LogP contribution in [0.25, 0.3) is 0 Å². The number of ketones is 1. The maximum absolute atomic E-state index is 12.4. The number of aryl methyl sites for hydroxylation is 2. The van der Waals surface area contributed by atoms with Crippen LogP contribution in [0.1, 0.15) is 33.5 Å². The van der Waals surface area contributed by atoms with E-state index < -0.39 is 0 Å². The summed E-state index contributed by atoms with van der Waals surface area (Å²) in [6.07, 6.45) is 3.49. The third-order valence-electron chi connectivity index (χ3n) is 3.47. The first-order chi connectivity index (χ1) is 8.74. The summed E-state index contributed by atoms with van der Waals surface area (Å²) in [7, 11) is 0. The molecule has 1 aliphatic carbocycles. The van der Waals surface area contributed by atoms with Crippen LogP contribution < -0.4 is 0 Å². The minimum atomic E-state index is 0.126. The lowest BCUT2D eigenvalue weighted by Gasteiger charge is -2.04. The molecule has 0 unspecified atom stereocenters. The normalized spacial score (nSPS) is 13.4. The van der Waals surface area contributed by atoms with Crippen molar-refractivity contribution in [2.24, 2.45) is 0 Å². The molecule has 0 saturated carbocycles. The van der Waals surface area contributed by atoms with Crippen molar-refractivity contribution in [3.63, 3.8) is 0 Å². The van der Waals surface area contributed by atoms with Crippen LogP contribution in [-0.4, -0.2) is 5.78 Å². The lowest BCUT2D eigenvalue weighted by atomic mass is 9.99. The molecule has 1 aliphatic rings. The van der Waals surface area contributed by atoms with Crippen molar-refractivity contribution in [2.45, 2.75) is 19.3 Å². The first-order valence-corrected chi connectivity index (χ1v) is 7.24. The third-order valence-corrected chi connectivity index (χ3v) is 4.19. The van der Waals surface area contributed by atoms with Gasteiger partial charge in [-0.2, -0.15) is 0 Å². The third kappa shape index (κ3) is 2.21. The van der Waals surface area contributed by atoms with Crippen LogP contribution in [0, 0.1) is 3.57 Å². The lowest BCUT2D eigenvalue weighted by molar-refractivity contribution is 0.103. The van der Waals surface area contributed by atoms with Crippen LogP contribution in [0.15, 0.2) is 42.5 Å². The second-order valence-electron chi connectivity index (χ2n) is 4.67. The molecule has 18 heavy (non-hydrogen) atoms. The van der Waals surface area contributed by atoms with Gasteiger partial charge in [-0.15, -0.1) is 0 Å². The number of hydrogen-bond acceptors (Lipinski definition) is 1. The van der Waals surface area contributed by atoms with Crippen molar-refractivity contribution in [3.05, 3.63) is 68.3 Å². The van der Waals surface area contributed by atoms with Crippen molar-refractivity contribution in [1.82, 2.24) is 0 Å². The highest BCUT2D eigenvalue weighted by Gasteiger charge is 2.14. The number of fused-ring (bicyclic) bond motifs is 1. The summed E-state index contributed by atoms with van der Waals surface area (Å²) in [4.78, 5) is 12.4. The van der Waals surface area contributed by atoms with Crippen LogP contribution in [0.2, 0.25) is 0 Å². The SMILES string of the molecule is O=C(c1ccc(I)cc1)c1ccc2c(c1)CCC2. The molecule has 0 fully saturated rings. The number of rotatable bonds is 2. The molecule has 0 heterocycles. The minimum absolute atomic E-state index is 0.126. The van der Waals surface area contributed by atoms with Crippen molar-refractivity contribution in [3.8, 4) is 0 Å². The van der Waals surface area contributed by atoms with Gasteiger partial charge >= 0.3 is 0 Å². The van der Waals surface area contributed by atoms with Crippen LogP contribution in [-0.2, 0) is 12.8 Å². The Labute approximate surface area is 120 Å². The van der Waals surface area contributed by atoms with Gasteiger partial charge in [0.1, 0.15) is 0 Å². The lowest BCUT2D eigenvalue weighted by Crippen LogP contribution is -2.02. The van der Waals surface area contributed by atoms with Crippen LogP contribution in [0.5, 0.6) is 0 Å². The monoisotopic (exact) mass is 348 g/mol. The molecule has 0 radical (unpaired) electrons. The molecule has 2 aromatic rings. The molecule has 0 N–H and O–H groups in total. The van der Waals surface area contributed by atoms with E-state index in [4.69, 9.17) is 0 Å². The summed E-state index contributed by atoms with van der Waals surface area (Å²) in [5.41, 5.74) is 4.35. The van der Waals surface area contributed by atoms with E-state index in [1.165, 1.54) is 17.5 Å². The fraction of sp³-hybridized carbons (Fsp3) is 0.188. The summed E-state index contributed by atoms with van der Waals surface area (Å²) < 4.78 is 1.15. The molecule has 0 bridgehead atoms.